The SMILES string of the molecule is CCOC(=O)CC(=O)c1nn(C)c(C)c1Cc1ccccc1OC. The number of ketones is 1. The van der Waals surface area contributed by atoms with Crippen molar-refractivity contribution in [1.82, 2.24) is 9.78 Å². The Morgan fingerprint density at radius 1 is 1.25 bits per heavy atom. The van der Waals surface area contributed by atoms with Gasteiger partial charge in [0.25, 0.3) is 0 Å². The number of benzene rings is 1. The molecule has 0 radical (unpaired) electrons. The van der Waals surface area contributed by atoms with Gasteiger partial charge >= 0.3 is 5.97 Å². The Hall–Kier alpha value is -2.63. The van der Waals surface area contributed by atoms with E-state index in [1.165, 1.54) is 0 Å². The van der Waals surface area contributed by atoms with Gasteiger partial charge in [0.2, 0.25) is 0 Å². The van der Waals surface area contributed by atoms with Crippen molar-refractivity contribution >= 4 is 11.8 Å². The van der Waals surface area contributed by atoms with Gasteiger partial charge in [-0.1, -0.05) is 18.2 Å². The quantitative estimate of drug-likeness (QED) is 0.443. The monoisotopic (exact) mass is 330 g/mol. The van der Waals surface area contributed by atoms with Gasteiger partial charge in [0.15, 0.2) is 5.78 Å². The van der Waals surface area contributed by atoms with Crippen LogP contribution in [0.3, 0.4) is 0 Å². The molecule has 0 amide bonds. The molecule has 0 aliphatic carbocycles. The summed E-state index contributed by atoms with van der Waals surface area (Å²) >= 11 is 0. The van der Waals surface area contributed by atoms with Gasteiger partial charge in [0, 0.05) is 24.7 Å². The lowest BCUT2D eigenvalue weighted by atomic mass is 9.99. The van der Waals surface area contributed by atoms with E-state index in [-0.39, 0.29) is 18.8 Å². The van der Waals surface area contributed by atoms with E-state index >= 15 is 0 Å². The Kier molecular flexibility index (Phi) is 5.73. The number of nitrogens with zero attached hydrogens (tertiary/aromatic N) is 2. The molecule has 24 heavy (non-hydrogen) atoms. The Balaban J connectivity index is 2.33. The molecule has 1 aromatic carbocycles. The molecular formula is C18H22N2O4. The van der Waals surface area contributed by atoms with Gasteiger partial charge in [-0.25, -0.2) is 0 Å². The average molecular weight is 330 g/mol. The van der Waals surface area contributed by atoms with E-state index in [9.17, 15) is 9.59 Å². The van der Waals surface area contributed by atoms with Crippen LogP contribution in [0.15, 0.2) is 24.3 Å². The summed E-state index contributed by atoms with van der Waals surface area (Å²) in [5.41, 5.74) is 2.96. The van der Waals surface area contributed by atoms with Crippen LogP contribution in [0.1, 0.15) is 40.7 Å². The second kappa shape index (κ2) is 7.77. The number of hydrogen-bond donors (Lipinski definition) is 0. The van der Waals surface area contributed by atoms with Crippen LogP contribution in [0.5, 0.6) is 5.75 Å². The normalized spacial score (nSPS) is 10.5. The van der Waals surface area contributed by atoms with E-state index in [1.807, 2.05) is 31.2 Å². The van der Waals surface area contributed by atoms with Crippen molar-refractivity contribution in [3.63, 3.8) is 0 Å². The summed E-state index contributed by atoms with van der Waals surface area (Å²) in [6.45, 7) is 3.86. The maximum atomic E-state index is 12.5. The molecule has 0 aliphatic heterocycles. The molecule has 128 valence electrons. The van der Waals surface area contributed by atoms with Crippen molar-refractivity contribution in [3.05, 3.63) is 46.8 Å². The van der Waals surface area contributed by atoms with Crippen molar-refractivity contribution in [2.24, 2.45) is 7.05 Å². The number of Topliss-reactive ketones (excluding diaryl/α,β-unsaturated/α-hetero) is 1. The summed E-state index contributed by atoms with van der Waals surface area (Å²) in [7, 11) is 3.39. The summed E-state index contributed by atoms with van der Waals surface area (Å²) < 4.78 is 11.9. The fourth-order valence-corrected chi connectivity index (χ4v) is 2.55. The Morgan fingerprint density at radius 3 is 2.62 bits per heavy atom. The number of carbonyl (C=O) groups is 2. The molecule has 0 spiro atoms. The number of ether oxygens (including phenoxy) is 2. The Bertz CT molecular complexity index is 749. The van der Waals surface area contributed by atoms with E-state index < -0.39 is 5.97 Å². The van der Waals surface area contributed by atoms with E-state index in [2.05, 4.69) is 5.10 Å². The van der Waals surface area contributed by atoms with Crippen LogP contribution in [0.2, 0.25) is 0 Å². The predicted molar refractivity (Wildman–Crippen MR) is 89.3 cm³/mol. The van der Waals surface area contributed by atoms with Crippen LogP contribution in [0, 0.1) is 6.92 Å². The summed E-state index contributed by atoms with van der Waals surface area (Å²) in [6, 6.07) is 7.64. The maximum Gasteiger partial charge on any atom is 0.313 e. The second-order valence-corrected chi connectivity index (χ2v) is 5.43. The summed E-state index contributed by atoms with van der Waals surface area (Å²) in [4.78, 5) is 24.0. The number of carbonyl (C=O) groups excluding carboxylic acids is 2. The first-order chi connectivity index (χ1) is 11.5. The van der Waals surface area contributed by atoms with Gasteiger partial charge in [0.05, 0.1) is 13.7 Å². The summed E-state index contributed by atoms with van der Waals surface area (Å²) in [5, 5.41) is 4.29. The molecule has 1 aromatic heterocycles. The zero-order valence-electron chi connectivity index (χ0n) is 14.5. The summed E-state index contributed by atoms with van der Waals surface area (Å²) in [6.07, 6.45) is 0.205. The van der Waals surface area contributed by atoms with Crippen LogP contribution >= 0.6 is 0 Å². The number of hydrogen-bond acceptors (Lipinski definition) is 5. The van der Waals surface area contributed by atoms with Crippen LogP contribution in [0.4, 0.5) is 0 Å². The highest BCUT2D eigenvalue weighted by atomic mass is 16.5. The summed E-state index contributed by atoms with van der Waals surface area (Å²) in [5.74, 6) is -0.111. The maximum absolute atomic E-state index is 12.5. The van der Waals surface area contributed by atoms with Crippen LogP contribution in [0.25, 0.3) is 0 Å². The number of methoxy groups -OCH3 is 1. The molecule has 1 heterocycles. The zero-order valence-corrected chi connectivity index (χ0v) is 14.5. The fourth-order valence-electron chi connectivity index (χ4n) is 2.55. The third kappa shape index (κ3) is 3.82. The Morgan fingerprint density at radius 2 is 1.96 bits per heavy atom. The molecule has 0 saturated carbocycles. The van der Waals surface area contributed by atoms with E-state index in [1.54, 1.807) is 25.8 Å². The largest absolute Gasteiger partial charge is 0.496 e. The van der Waals surface area contributed by atoms with Crippen molar-refractivity contribution in [2.45, 2.75) is 26.7 Å². The van der Waals surface area contributed by atoms with Gasteiger partial charge < -0.3 is 9.47 Å². The first kappa shape index (κ1) is 17.7. The molecule has 0 bridgehead atoms. The van der Waals surface area contributed by atoms with E-state index in [4.69, 9.17) is 9.47 Å². The molecule has 2 rings (SSSR count). The number of aryl methyl sites for hydroxylation is 1. The topological polar surface area (TPSA) is 70.4 Å². The van der Waals surface area contributed by atoms with Gasteiger partial charge in [-0.2, -0.15) is 5.10 Å². The van der Waals surface area contributed by atoms with Gasteiger partial charge in [-0.05, 0) is 25.5 Å². The third-order valence-electron chi connectivity index (χ3n) is 3.89. The minimum atomic E-state index is -0.533. The first-order valence-corrected chi connectivity index (χ1v) is 7.81. The molecular weight excluding hydrogens is 308 g/mol. The molecule has 0 fully saturated rings. The van der Waals surface area contributed by atoms with Crippen molar-refractivity contribution in [2.75, 3.05) is 13.7 Å². The smallest absolute Gasteiger partial charge is 0.313 e. The molecule has 0 saturated heterocycles. The molecule has 0 unspecified atom stereocenters. The van der Waals surface area contributed by atoms with Crippen LogP contribution in [-0.2, 0) is 23.0 Å². The van der Waals surface area contributed by atoms with E-state index in [0.717, 1.165) is 22.6 Å². The van der Waals surface area contributed by atoms with Crippen molar-refractivity contribution < 1.29 is 19.1 Å². The van der Waals surface area contributed by atoms with Gasteiger partial charge in [-0.3, -0.25) is 14.3 Å². The minimum absolute atomic E-state index is 0.251. The number of aromatic nitrogens is 2. The highest BCUT2D eigenvalue weighted by molar-refractivity contribution is 6.05. The lowest BCUT2D eigenvalue weighted by molar-refractivity contribution is -0.141. The van der Waals surface area contributed by atoms with Crippen LogP contribution in [-0.4, -0.2) is 35.2 Å². The number of para-hydroxylation sites is 1. The standard InChI is InChI=1S/C18H22N2O4/c1-5-24-17(22)11-15(21)18-14(12(2)20(3)19-18)10-13-8-6-7-9-16(13)23-4/h6-9H,5,10-11H2,1-4H3. The van der Waals surface area contributed by atoms with Gasteiger partial charge in [-0.15, -0.1) is 0 Å². The number of esters is 1. The molecule has 0 aliphatic rings. The minimum Gasteiger partial charge on any atom is -0.496 e. The lowest BCUT2D eigenvalue weighted by Gasteiger charge is -2.09. The van der Waals surface area contributed by atoms with E-state index in [0.29, 0.717) is 12.1 Å². The highest BCUT2D eigenvalue weighted by Gasteiger charge is 2.23. The second-order valence-electron chi connectivity index (χ2n) is 5.43. The molecule has 0 N–H and O–H groups in total. The first-order valence-electron chi connectivity index (χ1n) is 7.81. The third-order valence-corrected chi connectivity index (χ3v) is 3.89. The van der Waals surface area contributed by atoms with Crippen molar-refractivity contribution in [3.8, 4) is 5.75 Å². The zero-order chi connectivity index (χ0) is 17.7. The fraction of sp³-hybridized carbons (Fsp3) is 0.389. The Labute approximate surface area is 141 Å². The molecule has 6 nitrogen and oxygen atoms in total. The van der Waals surface area contributed by atoms with Crippen LogP contribution < -0.4 is 4.74 Å². The van der Waals surface area contributed by atoms with Crippen molar-refractivity contribution in [1.29, 1.82) is 0 Å². The van der Waals surface area contributed by atoms with Gasteiger partial charge in [0.1, 0.15) is 17.9 Å². The highest BCUT2D eigenvalue weighted by Crippen LogP contribution is 2.25. The molecule has 0 atom stereocenters. The molecule has 2 aromatic rings. The number of rotatable bonds is 7. The molecule has 6 heteroatoms. The lowest BCUT2D eigenvalue weighted by Crippen LogP contribution is -2.13. The average Bonchev–Trinajstić information content (AvgIpc) is 2.84. The predicted octanol–water partition coefficient (Wildman–Crippen LogP) is 2.46.